The topological polar surface area (TPSA) is 77.8 Å². The van der Waals surface area contributed by atoms with Crippen molar-refractivity contribution < 1.29 is 20.1 Å². The SMILES string of the molecule is O=C(O)c1ccc(CCC[C@@H]2[C@@H](C#Cc3ccccc3)[C@H](O)C[C@H]2O)s1. The van der Waals surface area contributed by atoms with Gasteiger partial charge in [0.05, 0.1) is 18.1 Å². The molecule has 0 saturated heterocycles. The summed E-state index contributed by atoms with van der Waals surface area (Å²) in [6, 6.07) is 13.1. The van der Waals surface area contributed by atoms with Crippen LogP contribution in [0.4, 0.5) is 0 Å². The maximum Gasteiger partial charge on any atom is 0.345 e. The zero-order valence-corrected chi connectivity index (χ0v) is 15.2. The van der Waals surface area contributed by atoms with E-state index in [9.17, 15) is 15.0 Å². The lowest BCUT2D eigenvalue weighted by Crippen LogP contribution is -2.21. The minimum Gasteiger partial charge on any atom is -0.477 e. The highest BCUT2D eigenvalue weighted by atomic mass is 32.1. The number of aromatic carboxylic acids is 1. The van der Waals surface area contributed by atoms with Crippen LogP contribution in [-0.2, 0) is 6.42 Å². The van der Waals surface area contributed by atoms with Crippen LogP contribution in [0.25, 0.3) is 0 Å². The predicted octanol–water partition coefficient (Wildman–Crippen LogP) is 3.18. The summed E-state index contributed by atoms with van der Waals surface area (Å²) >= 11 is 1.29. The molecule has 5 heteroatoms. The fourth-order valence-corrected chi connectivity index (χ4v) is 4.38. The van der Waals surface area contributed by atoms with E-state index in [1.165, 1.54) is 11.3 Å². The number of carboxylic acid groups (broad SMARTS) is 1. The fraction of sp³-hybridized carbons (Fsp3) is 0.381. The van der Waals surface area contributed by atoms with E-state index in [1.807, 2.05) is 36.4 Å². The van der Waals surface area contributed by atoms with Crippen molar-refractivity contribution in [3.63, 3.8) is 0 Å². The number of aryl methyl sites for hydroxylation is 1. The lowest BCUT2D eigenvalue weighted by atomic mass is 9.89. The first-order chi connectivity index (χ1) is 12.5. The number of carbonyl (C=O) groups is 1. The van der Waals surface area contributed by atoms with Gasteiger partial charge in [-0.15, -0.1) is 11.3 Å². The molecule has 1 aromatic carbocycles. The number of aliphatic hydroxyl groups is 2. The maximum absolute atomic E-state index is 10.9. The summed E-state index contributed by atoms with van der Waals surface area (Å²) in [5.74, 6) is 5.08. The molecule has 1 aromatic heterocycles. The second-order valence-electron chi connectivity index (χ2n) is 6.66. The Morgan fingerprint density at radius 2 is 1.88 bits per heavy atom. The first kappa shape index (κ1) is 18.7. The van der Waals surface area contributed by atoms with Crippen molar-refractivity contribution in [3.05, 3.63) is 57.8 Å². The van der Waals surface area contributed by atoms with Crippen molar-refractivity contribution in [1.82, 2.24) is 0 Å². The number of carboxylic acids is 1. The van der Waals surface area contributed by atoms with E-state index in [4.69, 9.17) is 5.11 Å². The van der Waals surface area contributed by atoms with E-state index in [0.717, 1.165) is 29.7 Å². The molecule has 3 rings (SSSR count). The first-order valence-corrected chi connectivity index (χ1v) is 9.61. The van der Waals surface area contributed by atoms with Gasteiger partial charge in [-0.1, -0.05) is 30.0 Å². The van der Waals surface area contributed by atoms with Crippen LogP contribution in [0.5, 0.6) is 0 Å². The minimum atomic E-state index is -0.896. The van der Waals surface area contributed by atoms with Crippen LogP contribution in [0.3, 0.4) is 0 Å². The highest BCUT2D eigenvalue weighted by Gasteiger charge is 2.40. The van der Waals surface area contributed by atoms with Gasteiger partial charge in [0.15, 0.2) is 0 Å². The Hall–Kier alpha value is -2.13. The van der Waals surface area contributed by atoms with E-state index >= 15 is 0 Å². The van der Waals surface area contributed by atoms with Gasteiger partial charge >= 0.3 is 5.97 Å². The van der Waals surface area contributed by atoms with Crippen molar-refractivity contribution >= 4 is 17.3 Å². The highest BCUT2D eigenvalue weighted by molar-refractivity contribution is 7.13. The van der Waals surface area contributed by atoms with E-state index in [2.05, 4.69) is 11.8 Å². The van der Waals surface area contributed by atoms with Gasteiger partial charge < -0.3 is 15.3 Å². The molecule has 0 amide bonds. The minimum absolute atomic E-state index is 0.0554. The summed E-state index contributed by atoms with van der Waals surface area (Å²) < 4.78 is 0. The monoisotopic (exact) mass is 370 g/mol. The quantitative estimate of drug-likeness (QED) is 0.707. The van der Waals surface area contributed by atoms with Crippen LogP contribution in [0.2, 0.25) is 0 Å². The molecule has 0 radical (unpaired) electrons. The molecule has 26 heavy (non-hydrogen) atoms. The van der Waals surface area contributed by atoms with Gasteiger partial charge in [-0.3, -0.25) is 0 Å². The first-order valence-electron chi connectivity index (χ1n) is 8.79. The Labute approximate surface area is 157 Å². The standard InChI is InChI=1S/C21H22O4S/c22-18-13-19(23)17(11-9-14-5-2-1-3-6-14)16(18)8-4-7-15-10-12-20(26-15)21(24)25/h1-3,5-6,10,12,16-19,22-23H,4,7-8,13H2,(H,24,25)/t16-,17-,18-,19-/m1/s1. The van der Waals surface area contributed by atoms with Gasteiger partial charge in [0.2, 0.25) is 0 Å². The lowest BCUT2D eigenvalue weighted by Gasteiger charge is -2.18. The molecule has 136 valence electrons. The van der Waals surface area contributed by atoms with Crippen LogP contribution < -0.4 is 0 Å². The second-order valence-corrected chi connectivity index (χ2v) is 7.83. The van der Waals surface area contributed by atoms with Crippen molar-refractivity contribution in [2.75, 3.05) is 0 Å². The molecule has 1 heterocycles. The summed E-state index contributed by atoms with van der Waals surface area (Å²) in [7, 11) is 0. The van der Waals surface area contributed by atoms with Gasteiger partial charge in [0, 0.05) is 22.8 Å². The predicted molar refractivity (Wildman–Crippen MR) is 101 cm³/mol. The molecule has 1 aliphatic carbocycles. The number of aliphatic hydroxyl groups excluding tert-OH is 2. The van der Waals surface area contributed by atoms with Crippen molar-refractivity contribution in [1.29, 1.82) is 0 Å². The van der Waals surface area contributed by atoms with Crippen molar-refractivity contribution in [2.24, 2.45) is 11.8 Å². The highest BCUT2D eigenvalue weighted by Crippen LogP contribution is 2.36. The molecule has 1 aliphatic rings. The smallest absolute Gasteiger partial charge is 0.345 e. The third-order valence-electron chi connectivity index (χ3n) is 4.84. The summed E-state index contributed by atoms with van der Waals surface area (Å²) in [6.07, 6.45) is 1.57. The van der Waals surface area contributed by atoms with Gasteiger partial charge in [-0.2, -0.15) is 0 Å². The van der Waals surface area contributed by atoms with Crippen LogP contribution in [0, 0.1) is 23.7 Å². The number of benzene rings is 1. The molecular weight excluding hydrogens is 348 g/mol. The van der Waals surface area contributed by atoms with Gasteiger partial charge in [0.25, 0.3) is 0 Å². The van der Waals surface area contributed by atoms with Crippen LogP contribution >= 0.6 is 11.3 Å². The largest absolute Gasteiger partial charge is 0.477 e. The average molecular weight is 370 g/mol. The summed E-state index contributed by atoms with van der Waals surface area (Å²) in [5.41, 5.74) is 0.902. The summed E-state index contributed by atoms with van der Waals surface area (Å²) in [6.45, 7) is 0. The average Bonchev–Trinajstić information content (AvgIpc) is 3.19. The number of hydrogen-bond donors (Lipinski definition) is 3. The zero-order valence-electron chi connectivity index (χ0n) is 14.3. The van der Waals surface area contributed by atoms with Gasteiger partial charge in [-0.25, -0.2) is 4.79 Å². The number of thiophene rings is 1. The van der Waals surface area contributed by atoms with E-state index in [0.29, 0.717) is 11.3 Å². The summed E-state index contributed by atoms with van der Waals surface area (Å²) in [4.78, 5) is 12.3. The molecule has 0 unspecified atom stereocenters. The molecule has 1 fully saturated rings. The Balaban J connectivity index is 1.61. The molecule has 0 aliphatic heterocycles. The molecule has 1 saturated carbocycles. The third kappa shape index (κ3) is 4.53. The van der Waals surface area contributed by atoms with Crippen molar-refractivity contribution in [2.45, 2.75) is 37.9 Å². The Kier molecular flexibility index (Phi) is 6.10. The fourth-order valence-electron chi connectivity index (χ4n) is 3.50. The Morgan fingerprint density at radius 3 is 2.58 bits per heavy atom. The second kappa shape index (κ2) is 8.50. The number of hydrogen-bond acceptors (Lipinski definition) is 4. The van der Waals surface area contributed by atoms with Crippen LogP contribution in [-0.4, -0.2) is 33.5 Å². The molecule has 0 spiro atoms. The normalized spacial score (nSPS) is 24.8. The lowest BCUT2D eigenvalue weighted by molar-refractivity contribution is 0.0702. The molecule has 4 nitrogen and oxygen atoms in total. The van der Waals surface area contributed by atoms with Gasteiger partial charge in [0.1, 0.15) is 4.88 Å². The molecule has 4 atom stereocenters. The number of rotatable bonds is 5. The zero-order chi connectivity index (χ0) is 18.5. The van der Waals surface area contributed by atoms with Crippen LogP contribution in [0.1, 0.15) is 39.4 Å². The third-order valence-corrected chi connectivity index (χ3v) is 5.98. The molecular formula is C21H22O4S. The van der Waals surface area contributed by atoms with Crippen LogP contribution in [0.15, 0.2) is 42.5 Å². The maximum atomic E-state index is 10.9. The molecule has 0 bridgehead atoms. The van der Waals surface area contributed by atoms with Crippen molar-refractivity contribution in [3.8, 4) is 11.8 Å². The molecule has 3 N–H and O–H groups in total. The summed E-state index contributed by atoms with van der Waals surface area (Å²) in [5, 5.41) is 29.5. The Bertz CT molecular complexity index is 802. The van der Waals surface area contributed by atoms with E-state index in [1.54, 1.807) is 6.07 Å². The van der Waals surface area contributed by atoms with Gasteiger partial charge in [-0.05, 0) is 43.5 Å². The molecule has 2 aromatic rings. The van der Waals surface area contributed by atoms with E-state index < -0.39 is 18.2 Å². The Morgan fingerprint density at radius 1 is 1.12 bits per heavy atom. The van der Waals surface area contributed by atoms with E-state index in [-0.39, 0.29) is 11.8 Å².